The maximum absolute atomic E-state index is 16.5. The Kier molecular flexibility index (Phi) is 35.9. The highest BCUT2D eigenvalue weighted by Gasteiger charge is 2.31. The standard InChI is InChI=1S/C86H138N6O4/c1-9-17-25-33-41-49-57-87-71-61-67-68-62-73(89-59-51-43-35-27-19-11-3)79-82-76(68)70(64-74(90-60-52-44-36-28-20-12-4)80(82)86(96)92(85(79)95)66(55-47-39-31-23-15-7)56-48-40-32-24-16-8)69-63-72(88-58-50-42-34-26-18-10-2)78-81(75(67)69)77(71)83(93)91(84(78)94)65(53-45-37-29-21-13-5)54-46-38-30-22-14-6/h61-66,87-89,96H,9-60H2,1-8H3. The van der Waals surface area contributed by atoms with Crippen molar-refractivity contribution in [1.82, 2.24) is 9.13 Å². The summed E-state index contributed by atoms with van der Waals surface area (Å²) >= 11 is 0. The van der Waals surface area contributed by atoms with E-state index in [-0.39, 0.29) is 34.6 Å². The Hall–Kier alpha value is -5.12. The first kappa shape index (κ1) is 78.2. The minimum Gasteiger partial charge on any atom is -0.494 e. The maximum Gasteiger partial charge on any atom is 0.263 e. The molecule has 0 aliphatic heterocycles. The van der Waals surface area contributed by atoms with Gasteiger partial charge in [0.25, 0.3) is 16.7 Å². The fourth-order valence-electron chi connectivity index (χ4n) is 16.1. The number of benzene rings is 5. The molecule has 10 nitrogen and oxygen atoms in total. The zero-order chi connectivity index (χ0) is 68.3. The molecule has 0 saturated heterocycles. The number of rotatable bonds is 57. The van der Waals surface area contributed by atoms with Gasteiger partial charge >= 0.3 is 0 Å². The lowest BCUT2D eigenvalue weighted by Gasteiger charge is -2.27. The molecule has 0 unspecified atom stereocenters. The molecule has 0 aliphatic rings. The summed E-state index contributed by atoms with van der Waals surface area (Å²) < 4.78 is 3.61. The van der Waals surface area contributed by atoms with Crippen LogP contribution in [0.2, 0.25) is 0 Å². The molecule has 536 valence electrons. The van der Waals surface area contributed by atoms with Crippen LogP contribution in [0.5, 0.6) is 5.88 Å². The summed E-state index contributed by atoms with van der Waals surface area (Å²) in [6.45, 7) is 20.9. The molecule has 0 bridgehead atoms. The monoisotopic (exact) mass is 1320 g/mol. The Labute approximate surface area is 582 Å². The lowest BCUT2D eigenvalue weighted by atomic mass is 9.84. The molecule has 0 radical (unpaired) electrons. The van der Waals surface area contributed by atoms with Gasteiger partial charge in [0.2, 0.25) is 5.88 Å². The van der Waals surface area contributed by atoms with Crippen LogP contribution >= 0.6 is 0 Å². The third kappa shape index (κ3) is 21.5. The van der Waals surface area contributed by atoms with E-state index in [2.05, 4.69) is 95.6 Å². The number of aromatic nitrogens is 2. The summed E-state index contributed by atoms with van der Waals surface area (Å²) in [6, 6.07) is 8.67. The van der Waals surface area contributed by atoms with Crippen LogP contribution in [0, 0.1) is 0 Å². The summed E-state index contributed by atoms with van der Waals surface area (Å²) in [4.78, 5) is 55.0. The first-order chi connectivity index (χ1) is 47.2. The van der Waals surface area contributed by atoms with Gasteiger partial charge in [0, 0.05) is 66.1 Å². The van der Waals surface area contributed by atoms with Gasteiger partial charge in [-0.1, -0.05) is 312 Å². The first-order valence-corrected chi connectivity index (χ1v) is 41.2. The van der Waals surface area contributed by atoms with Crippen LogP contribution in [0.25, 0.3) is 64.6 Å². The van der Waals surface area contributed by atoms with Gasteiger partial charge in [-0.05, 0) is 108 Å². The molecule has 0 spiro atoms. The van der Waals surface area contributed by atoms with E-state index in [0.29, 0.717) is 47.7 Å². The molecule has 0 amide bonds. The number of aromatic hydroxyl groups is 1. The second kappa shape index (κ2) is 44.1. The zero-order valence-corrected chi connectivity index (χ0v) is 62.7. The lowest BCUT2D eigenvalue weighted by molar-refractivity contribution is 0.333. The van der Waals surface area contributed by atoms with Gasteiger partial charge < -0.3 is 21.1 Å². The zero-order valence-electron chi connectivity index (χ0n) is 62.7. The molecule has 10 heteroatoms. The molecule has 4 N–H and O–H groups in total. The van der Waals surface area contributed by atoms with Crippen molar-refractivity contribution in [3.63, 3.8) is 0 Å². The van der Waals surface area contributed by atoms with Crippen LogP contribution in [0.1, 0.15) is 376 Å². The van der Waals surface area contributed by atoms with E-state index >= 15 is 14.4 Å². The molecule has 0 fully saturated rings. The normalized spacial score (nSPS) is 12.5. The molecule has 0 atom stereocenters. The summed E-state index contributed by atoms with van der Waals surface area (Å²) in [5.41, 5.74) is 1.91. The number of hydrogen-bond donors (Lipinski definition) is 4. The van der Waals surface area contributed by atoms with Gasteiger partial charge in [-0.15, -0.1) is 0 Å². The number of hydrogen-bond acceptors (Lipinski definition) is 8. The van der Waals surface area contributed by atoms with E-state index in [9.17, 15) is 5.11 Å². The predicted octanol–water partition coefficient (Wildman–Crippen LogP) is 25.4. The Balaban J connectivity index is 1.64. The fourth-order valence-corrected chi connectivity index (χ4v) is 16.1. The molecule has 7 rings (SSSR count). The molecule has 2 heterocycles. The van der Waals surface area contributed by atoms with Gasteiger partial charge in [-0.3, -0.25) is 28.5 Å². The Morgan fingerprint density at radius 3 is 0.896 bits per heavy atom. The smallest absolute Gasteiger partial charge is 0.263 e. The SMILES string of the molecule is CCCCCCCCN=c1cc2c3cc(NCCCCCCCC)c4c(=O)n(C(CCCCCCC)CCCCCCC)c(=O)c5c(NCCCCCCCC)cc(c6cc(NCCCCCCCC)c7c(=O)n(C(CCCCCCC)CCCCCCC)c(O)c1c7c62)c3c54. The minimum atomic E-state index is -0.211. The highest BCUT2D eigenvalue weighted by atomic mass is 16.3. The van der Waals surface area contributed by atoms with Crippen LogP contribution in [-0.2, 0) is 0 Å². The van der Waals surface area contributed by atoms with Crippen molar-refractivity contribution >= 4 is 81.7 Å². The van der Waals surface area contributed by atoms with E-state index < -0.39 is 0 Å². The molecule has 7 aromatic rings. The van der Waals surface area contributed by atoms with Crippen LogP contribution in [0.3, 0.4) is 0 Å². The van der Waals surface area contributed by atoms with E-state index in [1.54, 1.807) is 4.57 Å². The Bertz CT molecular complexity index is 3500. The van der Waals surface area contributed by atoms with Gasteiger partial charge in [0.05, 0.1) is 26.9 Å². The third-order valence-electron chi connectivity index (χ3n) is 21.7. The lowest BCUT2D eigenvalue weighted by Crippen LogP contribution is -2.37. The molecule has 96 heavy (non-hydrogen) atoms. The molecular formula is C86H138N6O4. The number of unbranched alkanes of at least 4 members (excludes halogenated alkanes) is 36. The van der Waals surface area contributed by atoms with Crippen molar-refractivity contribution in [1.29, 1.82) is 0 Å². The fraction of sp³-hybridized carbons (Fsp3) is 0.721. The van der Waals surface area contributed by atoms with Crippen LogP contribution in [0.4, 0.5) is 17.1 Å². The van der Waals surface area contributed by atoms with Gasteiger partial charge in [-0.25, -0.2) is 0 Å². The number of pyridine rings is 2. The van der Waals surface area contributed by atoms with Crippen molar-refractivity contribution in [2.75, 3.05) is 42.1 Å². The summed E-state index contributed by atoms with van der Waals surface area (Å²) in [5.74, 6) is 0.0482. The van der Waals surface area contributed by atoms with Gasteiger partial charge in [0.15, 0.2) is 0 Å². The first-order valence-electron chi connectivity index (χ1n) is 41.2. The number of nitrogens with one attached hydrogen (secondary N) is 3. The number of anilines is 3. The number of fused-ring (bicyclic) bond motifs is 2. The Morgan fingerprint density at radius 2 is 0.562 bits per heavy atom. The molecule has 0 aliphatic carbocycles. The van der Waals surface area contributed by atoms with Crippen molar-refractivity contribution in [3.05, 3.63) is 60.7 Å². The van der Waals surface area contributed by atoms with Gasteiger partial charge in [-0.2, -0.15) is 0 Å². The number of nitrogens with zero attached hydrogens (tertiary/aromatic N) is 3. The quantitative estimate of drug-likeness (QED) is 0.0170. The summed E-state index contributed by atoms with van der Waals surface area (Å²) in [5, 5.41) is 36.0. The second-order valence-electron chi connectivity index (χ2n) is 29.7. The highest BCUT2D eigenvalue weighted by molar-refractivity contribution is 6.42. The summed E-state index contributed by atoms with van der Waals surface area (Å²) in [6.07, 6.45) is 53.4. The summed E-state index contributed by atoms with van der Waals surface area (Å²) in [7, 11) is 0. The van der Waals surface area contributed by atoms with Crippen molar-refractivity contribution in [3.8, 4) is 5.88 Å². The maximum atomic E-state index is 16.5. The highest BCUT2D eigenvalue weighted by Crippen LogP contribution is 2.50. The predicted molar refractivity (Wildman–Crippen MR) is 422 cm³/mol. The van der Waals surface area contributed by atoms with E-state index in [1.807, 2.05) is 4.57 Å². The van der Waals surface area contributed by atoms with E-state index in [1.165, 1.54) is 180 Å². The molecular weight excluding hydrogens is 1180 g/mol. The van der Waals surface area contributed by atoms with Gasteiger partial charge in [0.1, 0.15) is 0 Å². The molecule has 5 aromatic carbocycles. The molecule has 0 saturated carbocycles. The average molecular weight is 1320 g/mol. The van der Waals surface area contributed by atoms with Crippen LogP contribution in [0.15, 0.2) is 43.6 Å². The van der Waals surface area contributed by atoms with Crippen LogP contribution in [-0.4, -0.2) is 40.4 Å². The van der Waals surface area contributed by atoms with Crippen LogP contribution < -0.4 is 38.0 Å². The Morgan fingerprint density at radius 1 is 0.302 bits per heavy atom. The average Bonchev–Trinajstić information content (AvgIpc) is 0.679. The third-order valence-corrected chi connectivity index (χ3v) is 21.7. The van der Waals surface area contributed by atoms with Crippen molar-refractivity contribution < 1.29 is 5.11 Å². The minimum absolute atomic E-state index is 0.0482. The topological polar surface area (TPSA) is 130 Å². The molecule has 2 aromatic heterocycles. The van der Waals surface area contributed by atoms with Crippen molar-refractivity contribution in [2.24, 2.45) is 4.99 Å². The second-order valence-corrected chi connectivity index (χ2v) is 29.7. The van der Waals surface area contributed by atoms with E-state index in [4.69, 9.17) is 4.99 Å². The van der Waals surface area contributed by atoms with Crippen molar-refractivity contribution in [2.45, 2.75) is 376 Å². The van der Waals surface area contributed by atoms with E-state index in [0.717, 1.165) is 194 Å². The largest absolute Gasteiger partial charge is 0.494 e.